The van der Waals surface area contributed by atoms with Crippen LogP contribution >= 0.6 is 24.0 Å². The molecule has 0 atom stereocenters. The number of rotatable bonds is 6. The predicted octanol–water partition coefficient (Wildman–Crippen LogP) is 2.45. The summed E-state index contributed by atoms with van der Waals surface area (Å²) < 4.78 is 0.273. The Morgan fingerprint density at radius 3 is 2.52 bits per heavy atom. The fraction of sp³-hybridized carbons (Fsp3) is 0.143. The summed E-state index contributed by atoms with van der Waals surface area (Å²) in [6.45, 7) is 1.76. The Morgan fingerprint density at radius 1 is 1.17 bits per heavy atom. The Hall–Kier alpha value is -2.97. The van der Waals surface area contributed by atoms with Crippen LogP contribution < -0.4 is 10.4 Å². The molecular formula is C21H17N2O4S2-. The van der Waals surface area contributed by atoms with Crippen molar-refractivity contribution < 1.29 is 19.5 Å². The molecule has 3 rings (SSSR count). The lowest BCUT2D eigenvalue weighted by Gasteiger charge is -2.16. The van der Waals surface area contributed by atoms with Crippen molar-refractivity contribution in [1.82, 2.24) is 4.90 Å². The Morgan fingerprint density at radius 2 is 1.86 bits per heavy atom. The van der Waals surface area contributed by atoms with E-state index >= 15 is 0 Å². The SMILES string of the molecule is CCc1ccc(/C=C2/SC(=S)N(CC(=O)Nc3ccccc3C(=O)[O-])C2=O)cc1. The molecule has 0 unspecified atom stereocenters. The van der Waals surface area contributed by atoms with Crippen LogP contribution in [0.25, 0.3) is 6.08 Å². The van der Waals surface area contributed by atoms with E-state index in [2.05, 4.69) is 12.2 Å². The van der Waals surface area contributed by atoms with E-state index in [1.807, 2.05) is 24.3 Å². The number of carbonyl (C=O) groups is 3. The molecule has 0 spiro atoms. The van der Waals surface area contributed by atoms with Gasteiger partial charge in [0.2, 0.25) is 5.91 Å². The van der Waals surface area contributed by atoms with E-state index in [1.165, 1.54) is 28.7 Å². The number of aryl methyl sites for hydroxylation is 1. The van der Waals surface area contributed by atoms with Gasteiger partial charge < -0.3 is 15.2 Å². The van der Waals surface area contributed by atoms with Gasteiger partial charge in [0.1, 0.15) is 10.9 Å². The molecule has 2 aromatic rings. The zero-order valence-corrected chi connectivity index (χ0v) is 17.1. The molecule has 2 amide bonds. The average molecular weight is 426 g/mol. The second kappa shape index (κ2) is 9.02. The van der Waals surface area contributed by atoms with Crippen molar-refractivity contribution in [3.63, 3.8) is 0 Å². The number of hydrogen-bond acceptors (Lipinski definition) is 6. The molecule has 1 aliphatic rings. The van der Waals surface area contributed by atoms with Gasteiger partial charge in [-0.1, -0.05) is 73.4 Å². The molecule has 0 radical (unpaired) electrons. The topological polar surface area (TPSA) is 89.5 Å². The second-order valence-corrected chi connectivity index (χ2v) is 7.92. The molecule has 1 fully saturated rings. The lowest BCUT2D eigenvalue weighted by Crippen LogP contribution is -2.36. The number of carbonyl (C=O) groups excluding carboxylic acids is 3. The van der Waals surface area contributed by atoms with Crippen LogP contribution in [0.4, 0.5) is 5.69 Å². The number of carboxylic acids is 1. The van der Waals surface area contributed by atoms with Gasteiger partial charge in [-0.25, -0.2) is 0 Å². The van der Waals surface area contributed by atoms with E-state index in [0.29, 0.717) is 4.91 Å². The molecule has 29 heavy (non-hydrogen) atoms. The number of amides is 2. The van der Waals surface area contributed by atoms with Crippen LogP contribution in [0, 0.1) is 0 Å². The highest BCUT2D eigenvalue weighted by Crippen LogP contribution is 2.32. The maximum absolute atomic E-state index is 12.7. The number of carboxylic acid groups (broad SMARTS) is 1. The maximum atomic E-state index is 12.7. The van der Waals surface area contributed by atoms with Gasteiger partial charge in [0.05, 0.1) is 10.9 Å². The molecule has 0 aliphatic carbocycles. The number of benzene rings is 2. The van der Waals surface area contributed by atoms with Gasteiger partial charge >= 0.3 is 0 Å². The van der Waals surface area contributed by atoms with Gasteiger partial charge in [-0.3, -0.25) is 14.5 Å². The third-order valence-corrected chi connectivity index (χ3v) is 5.66. The third kappa shape index (κ3) is 4.90. The van der Waals surface area contributed by atoms with Crippen LogP contribution in [-0.2, 0) is 16.0 Å². The number of thioether (sulfide) groups is 1. The minimum absolute atomic E-state index is 0.106. The van der Waals surface area contributed by atoms with Gasteiger partial charge in [-0.15, -0.1) is 0 Å². The van der Waals surface area contributed by atoms with Crippen molar-refractivity contribution in [2.24, 2.45) is 0 Å². The zero-order chi connectivity index (χ0) is 21.0. The van der Waals surface area contributed by atoms with E-state index in [1.54, 1.807) is 12.1 Å². The molecule has 1 aliphatic heterocycles. The summed E-state index contributed by atoms with van der Waals surface area (Å²) in [7, 11) is 0. The minimum Gasteiger partial charge on any atom is -0.545 e. The predicted molar refractivity (Wildman–Crippen MR) is 115 cm³/mol. The maximum Gasteiger partial charge on any atom is 0.266 e. The molecule has 2 aromatic carbocycles. The first kappa shape index (κ1) is 20.8. The van der Waals surface area contributed by atoms with Gasteiger partial charge in [0.15, 0.2) is 0 Å². The molecule has 0 bridgehead atoms. The monoisotopic (exact) mass is 425 g/mol. The fourth-order valence-electron chi connectivity index (χ4n) is 2.74. The lowest BCUT2D eigenvalue weighted by molar-refractivity contribution is -0.254. The number of nitrogens with zero attached hydrogens (tertiary/aromatic N) is 1. The normalized spacial score (nSPS) is 15.1. The molecular weight excluding hydrogens is 408 g/mol. The Bertz CT molecular complexity index is 1020. The molecule has 1 N–H and O–H groups in total. The van der Waals surface area contributed by atoms with Crippen LogP contribution in [0.3, 0.4) is 0 Å². The van der Waals surface area contributed by atoms with Crippen molar-refractivity contribution in [1.29, 1.82) is 0 Å². The van der Waals surface area contributed by atoms with Crippen LogP contribution in [0.2, 0.25) is 0 Å². The van der Waals surface area contributed by atoms with E-state index in [-0.39, 0.29) is 28.0 Å². The first-order valence-corrected chi connectivity index (χ1v) is 10.1. The van der Waals surface area contributed by atoms with Crippen molar-refractivity contribution in [3.05, 3.63) is 70.1 Å². The lowest BCUT2D eigenvalue weighted by atomic mass is 10.1. The number of anilines is 1. The van der Waals surface area contributed by atoms with Gasteiger partial charge in [-0.2, -0.15) is 0 Å². The van der Waals surface area contributed by atoms with Gasteiger partial charge in [-0.05, 0) is 29.7 Å². The van der Waals surface area contributed by atoms with Crippen LogP contribution in [0.5, 0.6) is 0 Å². The molecule has 6 nitrogen and oxygen atoms in total. The van der Waals surface area contributed by atoms with Crippen LogP contribution in [-0.4, -0.2) is 33.5 Å². The van der Waals surface area contributed by atoms with Crippen molar-refractivity contribution in [3.8, 4) is 0 Å². The third-order valence-electron chi connectivity index (χ3n) is 4.28. The minimum atomic E-state index is -1.40. The summed E-state index contributed by atoms with van der Waals surface area (Å²) in [5.41, 5.74) is 2.04. The van der Waals surface area contributed by atoms with Gasteiger partial charge in [0.25, 0.3) is 5.91 Å². The van der Waals surface area contributed by atoms with E-state index in [4.69, 9.17) is 12.2 Å². The number of nitrogens with one attached hydrogen (secondary N) is 1. The van der Waals surface area contributed by atoms with E-state index < -0.39 is 11.9 Å². The summed E-state index contributed by atoms with van der Waals surface area (Å²) in [5.74, 6) is -2.31. The Kier molecular flexibility index (Phi) is 6.46. The van der Waals surface area contributed by atoms with E-state index in [0.717, 1.165) is 23.7 Å². The van der Waals surface area contributed by atoms with E-state index in [9.17, 15) is 19.5 Å². The zero-order valence-electron chi connectivity index (χ0n) is 15.5. The largest absolute Gasteiger partial charge is 0.545 e. The van der Waals surface area contributed by atoms with Crippen molar-refractivity contribution >= 4 is 57.8 Å². The molecule has 0 saturated carbocycles. The Balaban J connectivity index is 1.70. The second-order valence-electron chi connectivity index (χ2n) is 6.24. The van der Waals surface area contributed by atoms with Gasteiger partial charge in [0, 0.05) is 11.3 Å². The number of hydrogen-bond donors (Lipinski definition) is 1. The number of thiocarbonyl (C=S) groups is 1. The molecule has 148 valence electrons. The first-order valence-electron chi connectivity index (χ1n) is 8.83. The van der Waals surface area contributed by atoms with Crippen LogP contribution in [0.1, 0.15) is 28.4 Å². The van der Waals surface area contributed by atoms with Crippen LogP contribution in [0.15, 0.2) is 53.4 Å². The summed E-state index contributed by atoms with van der Waals surface area (Å²) in [6, 6.07) is 13.7. The van der Waals surface area contributed by atoms with Crippen molar-refractivity contribution in [2.45, 2.75) is 13.3 Å². The smallest absolute Gasteiger partial charge is 0.266 e. The molecule has 0 aromatic heterocycles. The quantitative estimate of drug-likeness (QED) is 0.565. The summed E-state index contributed by atoms with van der Waals surface area (Å²) in [4.78, 5) is 37.8. The highest BCUT2D eigenvalue weighted by Gasteiger charge is 2.33. The standard InChI is InChI=1S/C21H18N2O4S2/c1-2-13-7-9-14(10-8-13)11-17-19(25)23(21(28)29-17)12-18(24)22-16-6-4-3-5-15(16)20(26)27/h3-11H,2,12H2,1H3,(H,22,24)(H,26,27)/p-1/b17-11+. The highest BCUT2D eigenvalue weighted by molar-refractivity contribution is 8.26. The fourth-order valence-corrected chi connectivity index (χ4v) is 4.00. The summed E-state index contributed by atoms with van der Waals surface area (Å²) >= 11 is 6.37. The summed E-state index contributed by atoms with van der Waals surface area (Å²) in [5, 5.41) is 13.6. The number of aromatic carboxylic acids is 1. The first-order chi connectivity index (χ1) is 13.9. The highest BCUT2D eigenvalue weighted by atomic mass is 32.2. The number of para-hydroxylation sites is 1. The summed E-state index contributed by atoms with van der Waals surface area (Å²) in [6.07, 6.45) is 2.67. The van der Waals surface area contributed by atoms with Crippen molar-refractivity contribution in [2.75, 3.05) is 11.9 Å². The molecule has 1 heterocycles. The Labute approximate surface area is 177 Å². The average Bonchev–Trinajstić information content (AvgIpc) is 2.96. The molecule has 8 heteroatoms. The molecule has 1 saturated heterocycles.